The molecule has 1 unspecified atom stereocenters. The smallest absolute Gasteiger partial charge is 0.220 e. The summed E-state index contributed by atoms with van der Waals surface area (Å²) in [5.41, 5.74) is 0. The minimum atomic E-state index is -1.91. The molecular weight excluding hydrogens is 109 g/mol. The van der Waals surface area contributed by atoms with Crippen molar-refractivity contribution in [3.8, 4) is 0 Å². The third-order valence-electron chi connectivity index (χ3n) is 1.39. The monoisotopic (exact) mass is 119 g/mol. The van der Waals surface area contributed by atoms with Crippen LogP contribution in [0.15, 0.2) is 0 Å². The maximum absolute atomic E-state index is 12.4. The van der Waals surface area contributed by atoms with Crippen LogP contribution in [-0.2, 0) is 0 Å². The third-order valence-corrected chi connectivity index (χ3v) is 1.39. The zero-order valence-electron chi connectivity index (χ0n) is 4.89. The van der Waals surface area contributed by atoms with E-state index >= 15 is 0 Å². The SMILES string of the molecule is CN1CCC(O)(F)C1. The van der Waals surface area contributed by atoms with Crippen molar-refractivity contribution in [2.75, 3.05) is 20.1 Å². The van der Waals surface area contributed by atoms with E-state index in [4.69, 9.17) is 5.11 Å². The van der Waals surface area contributed by atoms with E-state index in [1.807, 2.05) is 0 Å². The quantitative estimate of drug-likeness (QED) is 0.484. The molecule has 1 atom stereocenters. The molecule has 0 saturated carbocycles. The first kappa shape index (κ1) is 5.98. The molecule has 0 spiro atoms. The molecule has 1 fully saturated rings. The molecule has 3 heteroatoms. The number of likely N-dealkylation sites (tertiary alicyclic amines) is 1. The van der Waals surface area contributed by atoms with Crippen molar-refractivity contribution in [1.82, 2.24) is 4.90 Å². The Morgan fingerprint density at radius 3 is 2.50 bits per heavy atom. The average molecular weight is 119 g/mol. The van der Waals surface area contributed by atoms with Gasteiger partial charge >= 0.3 is 0 Å². The van der Waals surface area contributed by atoms with Crippen LogP contribution < -0.4 is 0 Å². The Balaban J connectivity index is 2.44. The molecule has 0 aromatic heterocycles. The van der Waals surface area contributed by atoms with Crippen LogP contribution in [0.25, 0.3) is 0 Å². The normalized spacial score (nSPS) is 40.9. The lowest BCUT2D eigenvalue weighted by Gasteiger charge is -2.09. The van der Waals surface area contributed by atoms with E-state index in [0.29, 0.717) is 6.54 Å². The van der Waals surface area contributed by atoms with Crippen LogP contribution in [0.1, 0.15) is 6.42 Å². The molecule has 0 bridgehead atoms. The van der Waals surface area contributed by atoms with E-state index in [1.54, 1.807) is 11.9 Å². The number of rotatable bonds is 0. The Kier molecular flexibility index (Phi) is 1.25. The molecule has 1 heterocycles. The van der Waals surface area contributed by atoms with E-state index in [2.05, 4.69) is 0 Å². The van der Waals surface area contributed by atoms with E-state index < -0.39 is 5.85 Å². The molecule has 0 radical (unpaired) electrons. The maximum atomic E-state index is 12.4. The summed E-state index contributed by atoms with van der Waals surface area (Å²) in [6.45, 7) is 0.819. The molecular formula is C5H10FNO. The molecule has 48 valence electrons. The van der Waals surface area contributed by atoms with Gasteiger partial charge in [-0.2, -0.15) is 0 Å². The Hall–Kier alpha value is -0.150. The van der Waals surface area contributed by atoms with Crippen LogP contribution in [0, 0.1) is 0 Å². The second-order valence-corrected chi connectivity index (χ2v) is 2.41. The Morgan fingerprint density at radius 2 is 2.38 bits per heavy atom. The van der Waals surface area contributed by atoms with Gasteiger partial charge in [0.2, 0.25) is 5.85 Å². The number of hydrogen-bond donors (Lipinski definition) is 1. The van der Waals surface area contributed by atoms with Gasteiger partial charge in [0, 0.05) is 13.0 Å². The van der Waals surface area contributed by atoms with E-state index in [0.717, 1.165) is 0 Å². The van der Waals surface area contributed by atoms with E-state index in [-0.39, 0.29) is 13.0 Å². The largest absolute Gasteiger partial charge is 0.361 e. The van der Waals surface area contributed by atoms with Crippen molar-refractivity contribution < 1.29 is 9.50 Å². The van der Waals surface area contributed by atoms with Crippen LogP contribution in [0.4, 0.5) is 4.39 Å². The van der Waals surface area contributed by atoms with Gasteiger partial charge in [-0.3, -0.25) is 0 Å². The number of hydrogen-bond acceptors (Lipinski definition) is 2. The van der Waals surface area contributed by atoms with Crippen molar-refractivity contribution in [2.45, 2.75) is 12.3 Å². The van der Waals surface area contributed by atoms with E-state index in [1.165, 1.54) is 0 Å². The number of aliphatic hydroxyl groups is 1. The molecule has 1 N–H and O–H groups in total. The molecule has 1 aliphatic heterocycles. The minimum absolute atomic E-state index is 0.160. The second-order valence-electron chi connectivity index (χ2n) is 2.41. The third kappa shape index (κ3) is 1.17. The lowest BCUT2D eigenvalue weighted by molar-refractivity contribution is -0.0743. The van der Waals surface area contributed by atoms with Gasteiger partial charge < -0.3 is 10.0 Å². The lowest BCUT2D eigenvalue weighted by atomic mass is 10.3. The van der Waals surface area contributed by atoms with Crippen molar-refractivity contribution in [3.05, 3.63) is 0 Å². The van der Waals surface area contributed by atoms with Crippen LogP contribution in [-0.4, -0.2) is 36.0 Å². The highest BCUT2D eigenvalue weighted by molar-refractivity contribution is 4.78. The van der Waals surface area contributed by atoms with Crippen molar-refractivity contribution in [1.29, 1.82) is 0 Å². The molecule has 2 nitrogen and oxygen atoms in total. The van der Waals surface area contributed by atoms with Crippen LogP contribution in [0.3, 0.4) is 0 Å². The standard InChI is InChI=1S/C5H10FNO/c1-7-3-2-5(6,8)4-7/h8H,2-4H2,1H3. The highest BCUT2D eigenvalue weighted by Gasteiger charge is 2.33. The molecule has 0 amide bonds. The maximum Gasteiger partial charge on any atom is 0.220 e. The summed E-state index contributed by atoms with van der Waals surface area (Å²) in [5.74, 6) is -1.91. The summed E-state index contributed by atoms with van der Waals surface area (Å²) in [6, 6.07) is 0. The summed E-state index contributed by atoms with van der Waals surface area (Å²) in [7, 11) is 1.79. The minimum Gasteiger partial charge on any atom is -0.361 e. The van der Waals surface area contributed by atoms with Gasteiger partial charge in [0.1, 0.15) is 0 Å². The molecule has 0 aliphatic carbocycles. The molecule has 8 heavy (non-hydrogen) atoms. The fourth-order valence-corrected chi connectivity index (χ4v) is 0.934. The van der Waals surface area contributed by atoms with Gasteiger partial charge in [-0.15, -0.1) is 0 Å². The van der Waals surface area contributed by atoms with Crippen LogP contribution in [0.5, 0.6) is 0 Å². The molecule has 0 aromatic carbocycles. The van der Waals surface area contributed by atoms with Gasteiger partial charge in [0.05, 0.1) is 6.54 Å². The topological polar surface area (TPSA) is 23.5 Å². The van der Waals surface area contributed by atoms with Gasteiger partial charge in [0.15, 0.2) is 0 Å². The first-order valence-corrected chi connectivity index (χ1v) is 2.70. The van der Waals surface area contributed by atoms with Crippen molar-refractivity contribution in [3.63, 3.8) is 0 Å². The molecule has 1 aliphatic rings. The molecule has 1 saturated heterocycles. The first-order chi connectivity index (χ1) is 3.60. The highest BCUT2D eigenvalue weighted by atomic mass is 19.2. The molecule has 0 aromatic rings. The number of likely N-dealkylation sites (N-methyl/N-ethyl adjacent to an activating group) is 1. The first-order valence-electron chi connectivity index (χ1n) is 2.70. The fraction of sp³-hybridized carbons (Fsp3) is 1.00. The Morgan fingerprint density at radius 1 is 1.75 bits per heavy atom. The Bertz CT molecular complexity index is 94.4. The number of halogens is 1. The van der Waals surface area contributed by atoms with E-state index in [9.17, 15) is 4.39 Å². The average Bonchev–Trinajstić information content (AvgIpc) is 1.82. The zero-order chi connectivity index (χ0) is 6.20. The van der Waals surface area contributed by atoms with Gasteiger partial charge in [-0.05, 0) is 7.05 Å². The summed E-state index contributed by atoms with van der Waals surface area (Å²) in [6.07, 6.45) is 0.253. The summed E-state index contributed by atoms with van der Waals surface area (Å²) >= 11 is 0. The number of nitrogens with zero attached hydrogens (tertiary/aromatic N) is 1. The van der Waals surface area contributed by atoms with Gasteiger partial charge in [-0.25, -0.2) is 4.39 Å². The second kappa shape index (κ2) is 1.67. The summed E-state index contributed by atoms with van der Waals surface area (Å²) in [5, 5.41) is 8.66. The van der Waals surface area contributed by atoms with Gasteiger partial charge in [-0.1, -0.05) is 0 Å². The predicted molar refractivity (Wildman–Crippen MR) is 28.2 cm³/mol. The zero-order valence-corrected chi connectivity index (χ0v) is 4.89. The highest BCUT2D eigenvalue weighted by Crippen LogP contribution is 2.19. The van der Waals surface area contributed by atoms with Gasteiger partial charge in [0.25, 0.3) is 0 Å². The summed E-state index contributed by atoms with van der Waals surface area (Å²) < 4.78 is 12.4. The Labute approximate surface area is 47.9 Å². The predicted octanol–water partition coefficient (Wildman–Crippen LogP) is -0.0200. The lowest BCUT2D eigenvalue weighted by Crippen LogP contribution is -2.25. The van der Waals surface area contributed by atoms with Crippen LogP contribution in [0.2, 0.25) is 0 Å². The fourth-order valence-electron chi connectivity index (χ4n) is 0.934. The number of β-amino-alcohol motifs (C(OH)–C–C–N with tert-alkyl or cyclic N) is 1. The van der Waals surface area contributed by atoms with Crippen LogP contribution >= 0.6 is 0 Å². The summed E-state index contributed by atoms with van der Waals surface area (Å²) in [4.78, 5) is 1.76. The van der Waals surface area contributed by atoms with Crippen molar-refractivity contribution in [2.24, 2.45) is 0 Å². The molecule has 1 rings (SSSR count). The number of alkyl halides is 1. The van der Waals surface area contributed by atoms with Crippen molar-refractivity contribution >= 4 is 0 Å².